The van der Waals surface area contributed by atoms with Crippen molar-refractivity contribution in [1.29, 1.82) is 0 Å². The lowest BCUT2D eigenvalue weighted by Crippen LogP contribution is -2.07. The minimum absolute atomic E-state index is 0.222. The topological polar surface area (TPSA) is 20.2 Å². The summed E-state index contributed by atoms with van der Waals surface area (Å²) in [6, 6.07) is 1.91. The van der Waals surface area contributed by atoms with E-state index in [2.05, 4.69) is 0 Å². The van der Waals surface area contributed by atoms with E-state index in [0.29, 0.717) is 0 Å². The molecule has 0 saturated carbocycles. The minimum atomic E-state index is -0.222. The zero-order valence-corrected chi connectivity index (χ0v) is 7.95. The molecule has 1 atom stereocenters. The molecule has 0 saturated heterocycles. The van der Waals surface area contributed by atoms with Gasteiger partial charge < -0.3 is 5.11 Å². The highest BCUT2D eigenvalue weighted by Crippen LogP contribution is 2.21. The fourth-order valence-electron chi connectivity index (χ4n) is 0.869. The van der Waals surface area contributed by atoms with Crippen molar-refractivity contribution in [2.75, 3.05) is 0 Å². The third kappa shape index (κ3) is 2.81. The van der Waals surface area contributed by atoms with E-state index in [4.69, 9.17) is 11.6 Å². The SMILES string of the molecule is CCC(O)Cc1csc(Cl)c1. The van der Waals surface area contributed by atoms with Crippen LogP contribution in [0.5, 0.6) is 0 Å². The summed E-state index contributed by atoms with van der Waals surface area (Å²) in [5.74, 6) is 0. The second-order valence-electron chi connectivity index (χ2n) is 2.53. The van der Waals surface area contributed by atoms with Crippen LogP contribution in [-0.2, 0) is 6.42 Å². The van der Waals surface area contributed by atoms with Crippen LogP contribution in [0.25, 0.3) is 0 Å². The van der Waals surface area contributed by atoms with Crippen molar-refractivity contribution in [3.8, 4) is 0 Å². The Morgan fingerprint density at radius 3 is 2.91 bits per heavy atom. The molecule has 0 aliphatic carbocycles. The Morgan fingerprint density at radius 1 is 1.73 bits per heavy atom. The molecule has 62 valence electrons. The van der Waals surface area contributed by atoms with E-state index in [9.17, 15) is 5.11 Å². The number of aliphatic hydroxyl groups is 1. The molecule has 0 bridgehead atoms. The Kier molecular flexibility index (Phi) is 3.37. The molecule has 1 nitrogen and oxygen atoms in total. The lowest BCUT2D eigenvalue weighted by atomic mass is 10.1. The zero-order valence-electron chi connectivity index (χ0n) is 6.38. The predicted octanol–water partition coefficient (Wildman–Crippen LogP) is 2.71. The Hall–Kier alpha value is -0.0500. The summed E-state index contributed by atoms with van der Waals surface area (Å²) in [6.45, 7) is 1.97. The van der Waals surface area contributed by atoms with Crippen LogP contribution < -0.4 is 0 Å². The summed E-state index contributed by atoms with van der Waals surface area (Å²) < 4.78 is 0.795. The maximum atomic E-state index is 9.28. The van der Waals surface area contributed by atoms with Gasteiger partial charge in [-0.25, -0.2) is 0 Å². The molecule has 0 radical (unpaired) electrons. The largest absolute Gasteiger partial charge is 0.393 e. The van der Waals surface area contributed by atoms with Crippen LogP contribution in [-0.4, -0.2) is 11.2 Å². The van der Waals surface area contributed by atoms with Crippen molar-refractivity contribution in [2.45, 2.75) is 25.9 Å². The van der Waals surface area contributed by atoms with Crippen LogP contribution >= 0.6 is 22.9 Å². The molecule has 1 heterocycles. The zero-order chi connectivity index (χ0) is 8.27. The summed E-state index contributed by atoms with van der Waals surface area (Å²) in [4.78, 5) is 0. The van der Waals surface area contributed by atoms with E-state index in [0.717, 1.165) is 22.7 Å². The Bertz CT molecular complexity index is 222. The van der Waals surface area contributed by atoms with Crippen LogP contribution in [0, 0.1) is 0 Å². The number of hydrogen-bond donors (Lipinski definition) is 1. The minimum Gasteiger partial charge on any atom is -0.393 e. The second kappa shape index (κ2) is 4.10. The van der Waals surface area contributed by atoms with Crippen LogP contribution in [0.15, 0.2) is 11.4 Å². The van der Waals surface area contributed by atoms with Gasteiger partial charge >= 0.3 is 0 Å². The van der Waals surface area contributed by atoms with Gasteiger partial charge in [0.1, 0.15) is 0 Å². The van der Waals surface area contributed by atoms with Crippen molar-refractivity contribution in [2.24, 2.45) is 0 Å². The first-order chi connectivity index (χ1) is 5.22. The molecule has 0 aliphatic heterocycles. The van der Waals surface area contributed by atoms with Crippen molar-refractivity contribution >= 4 is 22.9 Å². The van der Waals surface area contributed by atoms with Gasteiger partial charge in [-0.15, -0.1) is 11.3 Å². The number of thiophene rings is 1. The summed E-state index contributed by atoms with van der Waals surface area (Å²) in [7, 11) is 0. The molecule has 0 fully saturated rings. The van der Waals surface area contributed by atoms with E-state index in [1.807, 2.05) is 18.4 Å². The van der Waals surface area contributed by atoms with Gasteiger partial charge in [0.15, 0.2) is 0 Å². The summed E-state index contributed by atoms with van der Waals surface area (Å²) in [5, 5.41) is 11.3. The molecular formula is C8H11ClOS. The molecule has 1 aromatic heterocycles. The van der Waals surface area contributed by atoms with E-state index in [1.54, 1.807) is 0 Å². The van der Waals surface area contributed by atoms with E-state index >= 15 is 0 Å². The first-order valence-corrected chi connectivity index (χ1v) is 4.89. The van der Waals surface area contributed by atoms with Gasteiger partial charge in [-0.1, -0.05) is 18.5 Å². The average Bonchev–Trinajstić information content (AvgIpc) is 2.35. The quantitative estimate of drug-likeness (QED) is 0.777. The standard InChI is InChI=1S/C8H11ClOS/c1-2-7(10)3-6-4-8(9)11-5-6/h4-5,7,10H,2-3H2,1H3. The van der Waals surface area contributed by atoms with Crippen LogP contribution in [0.3, 0.4) is 0 Å². The number of aliphatic hydroxyl groups excluding tert-OH is 1. The molecule has 11 heavy (non-hydrogen) atoms. The molecule has 1 unspecified atom stereocenters. The highest BCUT2D eigenvalue weighted by Gasteiger charge is 2.03. The van der Waals surface area contributed by atoms with Gasteiger partial charge in [0.2, 0.25) is 0 Å². The molecule has 3 heteroatoms. The van der Waals surface area contributed by atoms with Crippen molar-refractivity contribution in [1.82, 2.24) is 0 Å². The van der Waals surface area contributed by atoms with Gasteiger partial charge in [0.25, 0.3) is 0 Å². The summed E-state index contributed by atoms with van der Waals surface area (Å²) in [6.07, 6.45) is 1.30. The van der Waals surface area contributed by atoms with Gasteiger partial charge in [-0.05, 0) is 29.9 Å². The third-order valence-corrected chi connectivity index (χ3v) is 2.70. The van der Waals surface area contributed by atoms with Gasteiger partial charge in [-0.2, -0.15) is 0 Å². The predicted molar refractivity (Wildman–Crippen MR) is 49.3 cm³/mol. The van der Waals surface area contributed by atoms with Crippen LogP contribution in [0.1, 0.15) is 18.9 Å². The molecule has 0 aromatic carbocycles. The molecule has 1 aromatic rings. The monoisotopic (exact) mass is 190 g/mol. The lowest BCUT2D eigenvalue weighted by molar-refractivity contribution is 0.171. The van der Waals surface area contributed by atoms with E-state index in [-0.39, 0.29) is 6.10 Å². The smallest absolute Gasteiger partial charge is 0.0931 e. The summed E-state index contributed by atoms with van der Waals surface area (Å²) in [5.41, 5.74) is 1.13. The molecular weight excluding hydrogens is 180 g/mol. The summed E-state index contributed by atoms with van der Waals surface area (Å²) >= 11 is 7.24. The van der Waals surface area contributed by atoms with Gasteiger partial charge in [0, 0.05) is 0 Å². The van der Waals surface area contributed by atoms with Crippen molar-refractivity contribution in [3.05, 3.63) is 21.3 Å². The Morgan fingerprint density at radius 2 is 2.45 bits per heavy atom. The van der Waals surface area contributed by atoms with Gasteiger partial charge in [0.05, 0.1) is 10.4 Å². The molecule has 1 rings (SSSR count). The fourth-order valence-corrected chi connectivity index (χ4v) is 1.79. The normalized spacial score (nSPS) is 13.4. The first-order valence-electron chi connectivity index (χ1n) is 3.63. The maximum Gasteiger partial charge on any atom is 0.0931 e. The second-order valence-corrected chi connectivity index (χ2v) is 4.07. The Balaban J connectivity index is 2.50. The lowest BCUT2D eigenvalue weighted by Gasteiger charge is -2.03. The number of hydrogen-bond acceptors (Lipinski definition) is 2. The Labute approximate surface area is 75.6 Å². The van der Waals surface area contributed by atoms with Crippen LogP contribution in [0.2, 0.25) is 4.34 Å². The average molecular weight is 191 g/mol. The van der Waals surface area contributed by atoms with Crippen LogP contribution in [0.4, 0.5) is 0 Å². The van der Waals surface area contributed by atoms with Crippen molar-refractivity contribution in [3.63, 3.8) is 0 Å². The highest BCUT2D eigenvalue weighted by atomic mass is 35.5. The van der Waals surface area contributed by atoms with Gasteiger partial charge in [-0.3, -0.25) is 0 Å². The van der Waals surface area contributed by atoms with E-state index < -0.39 is 0 Å². The molecule has 0 aliphatic rings. The number of rotatable bonds is 3. The third-order valence-electron chi connectivity index (χ3n) is 1.56. The molecule has 0 spiro atoms. The maximum absolute atomic E-state index is 9.28. The molecule has 1 N–H and O–H groups in total. The highest BCUT2D eigenvalue weighted by molar-refractivity contribution is 7.14. The number of halogens is 1. The van der Waals surface area contributed by atoms with E-state index in [1.165, 1.54) is 11.3 Å². The fraction of sp³-hybridized carbons (Fsp3) is 0.500. The molecule has 0 amide bonds. The first kappa shape index (κ1) is 9.04. The van der Waals surface area contributed by atoms with Crippen molar-refractivity contribution < 1.29 is 5.11 Å².